The number of rotatable bonds is 8. The molecule has 0 saturated heterocycles. The summed E-state index contributed by atoms with van der Waals surface area (Å²) < 4.78 is 0. The van der Waals surface area contributed by atoms with E-state index in [2.05, 4.69) is 26.1 Å². The molecule has 0 aliphatic carbocycles. The molecule has 0 heterocycles. The summed E-state index contributed by atoms with van der Waals surface area (Å²) in [6.45, 7) is 7.58. The van der Waals surface area contributed by atoms with Crippen LogP contribution in [0.15, 0.2) is 0 Å². The van der Waals surface area contributed by atoms with Gasteiger partial charge < -0.3 is 15.8 Å². The number of hydrogen-bond acceptors (Lipinski definition) is 3. The standard InChI is InChI=1S/C11H24N2O/c1-4-11(2,3)13-8-6-5-7-10(12)9-14/h9-10,13H,4-8,12H2,1-3H3/t10-/m0/s1. The molecule has 0 saturated carbocycles. The fourth-order valence-electron chi connectivity index (χ4n) is 1.12. The Morgan fingerprint density at radius 1 is 1.43 bits per heavy atom. The minimum absolute atomic E-state index is 0.229. The van der Waals surface area contributed by atoms with Gasteiger partial charge in [-0.2, -0.15) is 0 Å². The van der Waals surface area contributed by atoms with Gasteiger partial charge in [0.2, 0.25) is 0 Å². The first-order valence-electron chi connectivity index (χ1n) is 5.47. The van der Waals surface area contributed by atoms with E-state index in [-0.39, 0.29) is 11.6 Å². The van der Waals surface area contributed by atoms with Crippen LogP contribution in [0.1, 0.15) is 46.5 Å². The Labute approximate surface area is 87.4 Å². The third-order valence-electron chi connectivity index (χ3n) is 2.63. The Bertz CT molecular complexity index is 157. The number of carbonyl (C=O) groups excluding carboxylic acids is 1. The molecule has 0 fully saturated rings. The zero-order valence-corrected chi connectivity index (χ0v) is 9.68. The average molecular weight is 200 g/mol. The first kappa shape index (κ1) is 13.6. The highest BCUT2D eigenvalue weighted by atomic mass is 16.1. The van der Waals surface area contributed by atoms with Crippen LogP contribution in [0, 0.1) is 0 Å². The number of carbonyl (C=O) groups is 1. The normalized spacial score (nSPS) is 14.0. The highest BCUT2D eigenvalue weighted by Gasteiger charge is 2.12. The second kappa shape index (κ2) is 6.96. The van der Waals surface area contributed by atoms with Crippen LogP contribution in [0.4, 0.5) is 0 Å². The van der Waals surface area contributed by atoms with Crippen molar-refractivity contribution in [1.29, 1.82) is 0 Å². The zero-order chi connectivity index (χ0) is 11.0. The Morgan fingerprint density at radius 3 is 2.57 bits per heavy atom. The minimum atomic E-state index is -0.269. The van der Waals surface area contributed by atoms with Gasteiger partial charge in [-0.3, -0.25) is 0 Å². The second-order valence-corrected chi connectivity index (χ2v) is 4.46. The van der Waals surface area contributed by atoms with E-state index < -0.39 is 0 Å². The lowest BCUT2D eigenvalue weighted by Gasteiger charge is -2.24. The summed E-state index contributed by atoms with van der Waals surface area (Å²) in [7, 11) is 0. The summed E-state index contributed by atoms with van der Waals surface area (Å²) in [6, 6.07) is -0.269. The van der Waals surface area contributed by atoms with Gasteiger partial charge in [0.25, 0.3) is 0 Å². The quantitative estimate of drug-likeness (QED) is 0.461. The van der Waals surface area contributed by atoms with Crippen molar-refractivity contribution >= 4 is 6.29 Å². The summed E-state index contributed by atoms with van der Waals surface area (Å²) in [4.78, 5) is 10.2. The maximum absolute atomic E-state index is 10.2. The summed E-state index contributed by atoms with van der Waals surface area (Å²) >= 11 is 0. The van der Waals surface area contributed by atoms with Crippen LogP contribution in [0.2, 0.25) is 0 Å². The van der Waals surface area contributed by atoms with Crippen molar-refractivity contribution in [2.45, 2.75) is 58.0 Å². The molecule has 0 aromatic heterocycles. The maximum Gasteiger partial charge on any atom is 0.136 e. The summed E-state index contributed by atoms with van der Waals surface area (Å²) in [5, 5.41) is 3.47. The Morgan fingerprint density at radius 2 is 2.07 bits per heavy atom. The molecule has 3 heteroatoms. The molecule has 84 valence electrons. The topological polar surface area (TPSA) is 55.1 Å². The van der Waals surface area contributed by atoms with E-state index in [9.17, 15) is 4.79 Å². The van der Waals surface area contributed by atoms with Gasteiger partial charge in [0.15, 0.2) is 0 Å². The molecule has 0 rings (SSSR count). The molecule has 0 aromatic rings. The molecule has 0 aliphatic heterocycles. The van der Waals surface area contributed by atoms with Gasteiger partial charge in [-0.1, -0.05) is 13.3 Å². The first-order chi connectivity index (χ1) is 6.52. The lowest BCUT2D eigenvalue weighted by atomic mass is 10.0. The molecule has 1 atom stereocenters. The average Bonchev–Trinajstić information content (AvgIpc) is 2.17. The third-order valence-corrected chi connectivity index (χ3v) is 2.63. The van der Waals surface area contributed by atoms with E-state index in [1.807, 2.05) is 0 Å². The molecule has 3 N–H and O–H groups in total. The molecule has 14 heavy (non-hydrogen) atoms. The predicted octanol–water partition coefficient (Wildman–Crippen LogP) is 1.46. The van der Waals surface area contributed by atoms with E-state index in [1.54, 1.807) is 0 Å². The highest BCUT2D eigenvalue weighted by Crippen LogP contribution is 2.07. The Hall–Kier alpha value is -0.410. The lowest BCUT2D eigenvalue weighted by Crippen LogP contribution is -2.39. The van der Waals surface area contributed by atoms with Crippen LogP contribution in [-0.4, -0.2) is 24.4 Å². The van der Waals surface area contributed by atoms with Gasteiger partial charge in [0, 0.05) is 5.54 Å². The monoisotopic (exact) mass is 200 g/mol. The van der Waals surface area contributed by atoms with Crippen molar-refractivity contribution < 1.29 is 4.79 Å². The van der Waals surface area contributed by atoms with Gasteiger partial charge in [-0.25, -0.2) is 0 Å². The molecule has 0 spiro atoms. The number of nitrogens with two attached hydrogens (primary N) is 1. The van der Waals surface area contributed by atoms with E-state index in [0.29, 0.717) is 0 Å². The number of unbranched alkanes of at least 4 members (excludes halogenated alkanes) is 1. The minimum Gasteiger partial charge on any atom is -0.322 e. The second-order valence-electron chi connectivity index (χ2n) is 4.46. The van der Waals surface area contributed by atoms with Crippen molar-refractivity contribution in [3.05, 3.63) is 0 Å². The van der Waals surface area contributed by atoms with Crippen LogP contribution in [0.5, 0.6) is 0 Å². The van der Waals surface area contributed by atoms with Gasteiger partial charge in [-0.15, -0.1) is 0 Å². The van der Waals surface area contributed by atoms with Gasteiger partial charge >= 0.3 is 0 Å². The number of aldehydes is 1. The van der Waals surface area contributed by atoms with E-state index in [4.69, 9.17) is 5.73 Å². The van der Waals surface area contributed by atoms with Crippen LogP contribution < -0.4 is 11.1 Å². The van der Waals surface area contributed by atoms with E-state index in [1.165, 1.54) is 0 Å². The molecule has 0 aromatic carbocycles. The molecule has 0 bridgehead atoms. The molecule has 0 aliphatic rings. The van der Waals surface area contributed by atoms with E-state index >= 15 is 0 Å². The van der Waals surface area contributed by atoms with Crippen LogP contribution in [0.25, 0.3) is 0 Å². The smallest absolute Gasteiger partial charge is 0.136 e. The van der Waals surface area contributed by atoms with Crippen LogP contribution >= 0.6 is 0 Å². The van der Waals surface area contributed by atoms with Crippen molar-refractivity contribution in [3.63, 3.8) is 0 Å². The van der Waals surface area contributed by atoms with Gasteiger partial charge in [0.05, 0.1) is 6.04 Å². The van der Waals surface area contributed by atoms with Crippen molar-refractivity contribution in [2.75, 3.05) is 6.54 Å². The zero-order valence-electron chi connectivity index (χ0n) is 9.68. The first-order valence-corrected chi connectivity index (χ1v) is 5.47. The van der Waals surface area contributed by atoms with Crippen molar-refractivity contribution in [2.24, 2.45) is 5.73 Å². The molecular formula is C11H24N2O. The van der Waals surface area contributed by atoms with Crippen LogP contribution in [-0.2, 0) is 4.79 Å². The predicted molar refractivity (Wildman–Crippen MR) is 60.3 cm³/mol. The number of nitrogens with one attached hydrogen (secondary N) is 1. The summed E-state index contributed by atoms with van der Waals surface area (Å²) in [5.74, 6) is 0. The third kappa shape index (κ3) is 7.04. The highest BCUT2D eigenvalue weighted by molar-refractivity contribution is 5.56. The molecular weight excluding hydrogens is 176 g/mol. The van der Waals surface area contributed by atoms with E-state index in [0.717, 1.165) is 38.5 Å². The summed E-state index contributed by atoms with van der Waals surface area (Å²) in [5.41, 5.74) is 5.71. The number of hydrogen-bond donors (Lipinski definition) is 2. The fraction of sp³-hybridized carbons (Fsp3) is 0.909. The van der Waals surface area contributed by atoms with Crippen molar-refractivity contribution in [1.82, 2.24) is 5.32 Å². The van der Waals surface area contributed by atoms with Crippen molar-refractivity contribution in [3.8, 4) is 0 Å². The SMILES string of the molecule is CCC(C)(C)NCCCC[C@H](N)C=O. The lowest BCUT2D eigenvalue weighted by molar-refractivity contribution is -0.109. The fourth-order valence-corrected chi connectivity index (χ4v) is 1.12. The molecule has 0 radical (unpaired) electrons. The Kier molecular flexibility index (Phi) is 6.75. The largest absolute Gasteiger partial charge is 0.322 e. The molecule has 3 nitrogen and oxygen atoms in total. The van der Waals surface area contributed by atoms with Crippen LogP contribution in [0.3, 0.4) is 0 Å². The van der Waals surface area contributed by atoms with Gasteiger partial charge in [-0.05, 0) is 39.7 Å². The molecule has 0 amide bonds. The maximum atomic E-state index is 10.2. The summed E-state index contributed by atoms with van der Waals surface area (Å²) in [6.07, 6.45) is 4.86. The van der Waals surface area contributed by atoms with Gasteiger partial charge in [0.1, 0.15) is 6.29 Å². The molecule has 0 unspecified atom stereocenters. The Balaban J connectivity index is 3.34.